The number of hydrogen-bond donors (Lipinski definition) is 1. The van der Waals surface area contributed by atoms with Crippen LogP contribution in [0.25, 0.3) is 0 Å². The molecule has 0 bridgehead atoms. The molecule has 0 spiro atoms. The highest BCUT2D eigenvalue weighted by molar-refractivity contribution is 5.35. The van der Waals surface area contributed by atoms with E-state index in [9.17, 15) is 10.1 Å². The Morgan fingerprint density at radius 2 is 2.14 bits per heavy atom. The zero-order valence-corrected chi connectivity index (χ0v) is 12.7. The number of non-ortho nitro benzene ring substituents is 1. The van der Waals surface area contributed by atoms with Gasteiger partial charge >= 0.3 is 0 Å². The molecule has 6 heteroatoms. The van der Waals surface area contributed by atoms with E-state index in [0.29, 0.717) is 19.8 Å². The number of rotatable bonds is 11. The van der Waals surface area contributed by atoms with Gasteiger partial charge in [0.25, 0.3) is 5.69 Å². The number of benzene rings is 1. The third kappa shape index (κ3) is 6.66. The lowest BCUT2D eigenvalue weighted by atomic mass is 10.0. The van der Waals surface area contributed by atoms with Crippen LogP contribution in [-0.4, -0.2) is 38.4 Å². The van der Waals surface area contributed by atoms with Gasteiger partial charge in [0, 0.05) is 31.9 Å². The Morgan fingerprint density at radius 1 is 1.33 bits per heavy atom. The van der Waals surface area contributed by atoms with E-state index in [1.807, 2.05) is 6.07 Å². The molecule has 0 fully saturated rings. The lowest BCUT2D eigenvalue weighted by Crippen LogP contribution is -2.23. The first-order chi connectivity index (χ1) is 10.2. The first kappa shape index (κ1) is 17.6. The normalized spacial score (nSPS) is 12.3. The molecular formula is C15H24N2O4. The number of nitro benzene ring substituents is 1. The second-order valence-electron chi connectivity index (χ2n) is 4.73. The minimum atomic E-state index is -0.361. The van der Waals surface area contributed by atoms with Crippen molar-refractivity contribution in [2.75, 3.05) is 33.5 Å². The van der Waals surface area contributed by atoms with Gasteiger partial charge in [0.05, 0.1) is 18.1 Å². The molecule has 0 radical (unpaired) electrons. The first-order valence-corrected chi connectivity index (χ1v) is 7.23. The molecule has 21 heavy (non-hydrogen) atoms. The van der Waals surface area contributed by atoms with Gasteiger partial charge in [-0.3, -0.25) is 10.1 Å². The Morgan fingerprint density at radius 3 is 2.81 bits per heavy atom. The molecule has 0 aromatic heterocycles. The molecule has 1 rings (SSSR count). The number of hydrogen-bond acceptors (Lipinski definition) is 5. The van der Waals surface area contributed by atoms with Crippen LogP contribution < -0.4 is 5.32 Å². The summed E-state index contributed by atoms with van der Waals surface area (Å²) in [4.78, 5) is 10.4. The highest BCUT2D eigenvalue weighted by Crippen LogP contribution is 2.21. The number of ether oxygens (including phenoxy) is 2. The van der Waals surface area contributed by atoms with E-state index in [0.717, 1.165) is 24.9 Å². The summed E-state index contributed by atoms with van der Waals surface area (Å²) in [7, 11) is 1.65. The number of nitrogens with zero attached hydrogens (tertiary/aromatic N) is 1. The van der Waals surface area contributed by atoms with Crippen molar-refractivity contribution in [1.82, 2.24) is 5.32 Å². The SMILES string of the molecule is CCC(NCCCOCCOC)c1cccc([N+](=O)[O-])c1. The van der Waals surface area contributed by atoms with Crippen LogP contribution in [0.4, 0.5) is 5.69 Å². The lowest BCUT2D eigenvalue weighted by Gasteiger charge is -2.17. The van der Waals surface area contributed by atoms with Crippen LogP contribution in [0.3, 0.4) is 0 Å². The van der Waals surface area contributed by atoms with Crippen molar-refractivity contribution in [2.24, 2.45) is 0 Å². The highest BCUT2D eigenvalue weighted by Gasteiger charge is 2.12. The van der Waals surface area contributed by atoms with Crippen LogP contribution in [0.2, 0.25) is 0 Å². The predicted molar refractivity (Wildman–Crippen MR) is 81.4 cm³/mol. The molecule has 1 N–H and O–H groups in total. The molecule has 0 saturated carbocycles. The Kier molecular flexibility index (Phi) is 8.57. The molecule has 1 aromatic carbocycles. The molecule has 0 aliphatic carbocycles. The highest BCUT2D eigenvalue weighted by atomic mass is 16.6. The third-order valence-corrected chi connectivity index (χ3v) is 3.18. The maximum atomic E-state index is 10.8. The van der Waals surface area contributed by atoms with Crippen LogP contribution in [0.1, 0.15) is 31.4 Å². The van der Waals surface area contributed by atoms with Gasteiger partial charge in [-0.05, 0) is 24.9 Å². The van der Waals surface area contributed by atoms with Gasteiger partial charge < -0.3 is 14.8 Å². The minimum Gasteiger partial charge on any atom is -0.382 e. The maximum Gasteiger partial charge on any atom is 0.269 e. The quantitative estimate of drug-likeness (QED) is 0.386. The van der Waals surface area contributed by atoms with Crippen LogP contribution in [0.5, 0.6) is 0 Å². The zero-order chi connectivity index (χ0) is 15.5. The van der Waals surface area contributed by atoms with E-state index >= 15 is 0 Å². The molecule has 1 unspecified atom stereocenters. The summed E-state index contributed by atoms with van der Waals surface area (Å²) in [6.07, 6.45) is 1.78. The van der Waals surface area contributed by atoms with Gasteiger partial charge in [0.1, 0.15) is 0 Å². The standard InChI is InChI=1S/C15H24N2O4/c1-3-15(16-8-5-9-21-11-10-20-2)13-6-4-7-14(12-13)17(18)19/h4,6-7,12,15-16H,3,5,8-11H2,1-2H3. The molecule has 0 aliphatic rings. The average molecular weight is 296 g/mol. The van der Waals surface area contributed by atoms with Crippen molar-refractivity contribution in [3.05, 3.63) is 39.9 Å². The number of nitrogens with one attached hydrogen (secondary N) is 1. The van der Waals surface area contributed by atoms with Crippen LogP contribution >= 0.6 is 0 Å². The summed E-state index contributed by atoms with van der Waals surface area (Å²) in [5.74, 6) is 0. The van der Waals surface area contributed by atoms with Crippen molar-refractivity contribution in [3.63, 3.8) is 0 Å². The molecule has 0 amide bonds. The molecule has 1 aromatic rings. The largest absolute Gasteiger partial charge is 0.382 e. The lowest BCUT2D eigenvalue weighted by molar-refractivity contribution is -0.384. The molecule has 0 saturated heterocycles. The summed E-state index contributed by atoms with van der Waals surface area (Å²) in [6, 6.07) is 6.93. The van der Waals surface area contributed by atoms with E-state index < -0.39 is 0 Å². The van der Waals surface area contributed by atoms with Gasteiger partial charge in [-0.1, -0.05) is 19.1 Å². The predicted octanol–water partition coefficient (Wildman–Crippen LogP) is 2.69. The average Bonchev–Trinajstić information content (AvgIpc) is 2.50. The minimum absolute atomic E-state index is 0.129. The summed E-state index contributed by atoms with van der Waals surface area (Å²) >= 11 is 0. The maximum absolute atomic E-state index is 10.8. The fourth-order valence-corrected chi connectivity index (χ4v) is 2.05. The van der Waals surface area contributed by atoms with Crippen LogP contribution in [0.15, 0.2) is 24.3 Å². The summed E-state index contributed by atoms with van der Waals surface area (Å²) in [5, 5.41) is 14.2. The number of methoxy groups -OCH3 is 1. The van der Waals surface area contributed by atoms with E-state index in [1.165, 1.54) is 6.07 Å². The summed E-state index contributed by atoms with van der Waals surface area (Å²) in [6.45, 7) is 4.78. The molecule has 6 nitrogen and oxygen atoms in total. The smallest absolute Gasteiger partial charge is 0.269 e. The first-order valence-electron chi connectivity index (χ1n) is 7.23. The van der Waals surface area contributed by atoms with Crippen molar-refractivity contribution in [2.45, 2.75) is 25.8 Å². The van der Waals surface area contributed by atoms with E-state index in [2.05, 4.69) is 12.2 Å². The van der Waals surface area contributed by atoms with Gasteiger partial charge in [0.2, 0.25) is 0 Å². The Bertz CT molecular complexity index is 426. The molecule has 1 atom stereocenters. The second kappa shape index (κ2) is 10.3. The molecule has 0 heterocycles. The van der Waals surface area contributed by atoms with Crippen molar-refractivity contribution < 1.29 is 14.4 Å². The van der Waals surface area contributed by atoms with Crippen molar-refractivity contribution in [3.8, 4) is 0 Å². The van der Waals surface area contributed by atoms with E-state index in [1.54, 1.807) is 19.2 Å². The zero-order valence-electron chi connectivity index (χ0n) is 12.7. The van der Waals surface area contributed by atoms with Crippen LogP contribution in [-0.2, 0) is 9.47 Å². The van der Waals surface area contributed by atoms with E-state index in [-0.39, 0.29) is 16.7 Å². The molecule has 0 aliphatic heterocycles. The fourth-order valence-electron chi connectivity index (χ4n) is 2.05. The van der Waals surface area contributed by atoms with Gasteiger partial charge in [-0.15, -0.1) is 0 Å². The monoisotopic (exact) mass is 296 g/mol. The van der Waals surface area contributed by atoms with Crippen LogP contribution in [0, 0.1) is 10.1 Å². The molecular weight excluding hydrogens is 272 g/mol. The number of nitro groups is 1. The Balaban J connectivity index is 2.37. The Labute approximate surface area is 125 Å². The van der Waals surface area contributed by atoms with Crippen molar-refractivity contribution in [1.29, 1.82) is 0 Å². The van der Waals surface area contributed by atoms with Gasteiger partial charge in [0.15, 0.2) is 0 Å². The summed E-state index contributed by atoms with van der Waals surface area (Å²) in [5.41, 5.74) is 1.09. The topological polar surface area (TPSA) is 73.6 Å². The Hall–Kier alpha value is -1.50. The van der Waals surface area contributed by atoms with E-state index in [4.69, 9.17) is 9.47 Å². The second-order valence-corrected chi connectivity index (χ2v) is 4.73. The molecule has 118 valence electrons. The fraction of sp³-hybridized carbons (Fsp3) is 0.600. The van der Waals surface area contributed by atoms with Gasteiger partial charge in [-0.2, -0.15) is 0 Å². The third-order valence-electron chi connectivity index (χ3n) is 3.18. The van der Waals surface area contributed by atoms with Gasteiger partial charge in [-0.25, -0.2) is 0 Å². The summed E-state index contributed by atoms with van der Waals surface area (Å²) < 4.78 is 10.3. The van der Waals surface area contributed by atoms with Crippen molar-refractivity contribution >= 4 is 5.69 Å².